The van der Waals surface area contributed by atoms with Gasteiger partial charge in [0.1, 0.15) is 5.82 Å². The van der Waals surface area contributed by atoms with Crippen LogP contribution in [0.5, 0.6) is 0 Å². The Morgan fingerprint density at radius 2 is 2.00 bits per heavy atom. The highest BCUT2D eigenvalue weighted by molar-refractivity contribution is 5.79. The Morgan fingerprint density at radius 1 is 1.27 bits per heavy atom. The topological polar surface area (TPSA) is 54.2 Å². The van der Waals surface area contributed by atoms with Gasteiger partial charge >= 0.3 is 0 Å². The molecule has 0 aliphatic heterocycles. The zero-order valence-electron chi connectivity index (χ0n) is 13.4. The Morgan fingerprint density at radius 3 is 2.59 bits per heavy atom. The standard InChI is InChI=1S/C16H22FN5/c1-11-15(12(2)22(4)21-11)10-20-16(18-3)19-9-13-6-5-7-14(17)8-13/h5-8H,9-10H2,1-4H3,(H2,18,19,20). The Kier molecular flexibility index (Phi) is 5.14. The highest BCUT2D eigenvalue weighted by atomic mass is 19.1. The fraction of sp³-hybridized carbons (Fsp3) is 0.375. The maximum absolute atomic E-state index is 13.2. The van der Waals surface area contributed by atoms with Crippen molar-refractivity contribution in [1.82, 2.24) is 20.4 Å². The SMILES string of the molecule is CN=C(NCc1cccc(F)c1)NCc1c(C)nn(C)c1C. The first-order valence-corrected chi connectivity index (χ1v) is 7.19. The summed E-state index contributed by atoms with van der Waals surface area (Å²) >= 11 is 0. The Hall–Kier alpha value is -2.37. The van der Waals surface area contributed by atoms with Gasteiger partial charge in [-0.1, -0.05) is 12.1 Å². The number of hydrogen-bond acceptors (Lipinski definition) is 2. The van der Waals surface area contributed by atoms with Crippen molar-refractivity contribution in [2.24, 2.45) is 12.0 Å². The quantitative estimate of drug-likeness (QED) is 0.671. The largest absolute Gasteiger partial charge is 0.352 e. The van der Waals surface area contributed by atoms with Crippen LogP contribution < -0.4 is 10.6 Å². The molecule has 1 aromatic heterocycles. The van der Waals surface area contributed by atoms with Gasteiger partial charge in [-0.05, 0) is 31.5 Å². The summed E-state index contributed by atoms with van der Waals surface area (Å²) in [5, 5.41) is 10.8. The van der Waals surface area contributed by atoms with Crippen molar-refractivity contribution in [3.63, 3.8) is 0 Å². The molecule has 0 radical (unpaired) electrons. The van der Waals surface area contributed by atoms with Crippen molar-refractivity contribution in [3.05, 3.63) is 52.6 Å². The predicted molar refractivity (Wildman–Crippen MR) is 86.1 cm³/mol. The first kappa shape index (κ1) is 16.0. The number of nitrogens with one attached hydrogen (secondary N) is 2. The average molecular weight is 303 g/mol. The van der Waals surface area contributed by atoms with Gasteiger partial charge in [-0.25, -0.2) is 4.39 Å². The van der Waals surface area contributed by atoms with Gasteiger partial charge < -0.3 is 10.6 Å². The summed E-state index contributed by atoms with van der Waals surface area (Å²) in [5.74, 6) is 0.441. The van der Waals surface area contributed by atoms with E-state index in [4.69, 9.17) is 0 Å². The number of aliphatic imine (C=N–C) groups is 1. The van der Waals surface area contributed by atoms with Crippen LogP contribution >= 0.6 is 0 Å². The molecular weight excluding hydrogens is 281 g/mol. The van der Waals surface area contributed by atoms with Crippen molar-refractivity contribution >= 4 is 5.96 Å². The lowest BCUT2D eigenvalue weighted by Gasteiger charge is -2.12. The summed E-state index contributed by atoms with van der Waals surface area (Å²) in [4.78, 5) is 4.18. The van der Waals surface area contributed by atoms with Crippen LogP contribution in [0.4, 0.5) is 4.39 Å². The van der Waals surface area contributed by atoms with Crippen LogP contribution in [0, 0.1) is 19.7 Å². The van der Waals surface area contributed by atoms with Gasteiger partial charge in [0.2, 0.25) is 0 Å². The molecule has 0 fully saturated rings. The summed E-state index contributed by atoms with van der Waals surface area (Å²) in [5.41, 5.74) is 4.17. The van der Waals surface area contributed by atoms with E-state index in [1.54, 1.807) is 13.1 Å². The number of guanidine groups is 1. The van der Waals surface area contributed by atoms with E-state index in [0.717, 1.165) is 22.5 Å². The van der Waals surface area contributed by atoms with Crippen LogP contribution in [-0.2, 0) is 20.1 Å². The number of nitrogens with zero attached hydrogens (tertiary/aromatic N) is 3. The zero-order valence-corrected chi connectivity index (χ0v) is 13.4. The molecule has 0 saturated heterocycles. The fourth-order valence-electron chi connectivity index (χ4n) is 2.30. The smallest absolute Gasteiger partial charge is 0.191 e. The van der Waals surface area contributed by atoms with E-state index < -0.39 is 0 Å². The van der Waals surface area contributed by atoms with Crippen molar-refractivity contribution in [2.75, 3.05) is 7.05 Å². The molecule has 2 aromatic rings. The molecule has 1 aromatic carbocycles. The minimum absolute atomic E-state index is 0.233. The van der Waals surface area contributed by atoms with Crippen molar-refractivity contribution in [2.45, 2.75) is 26.9 Å². The van der Waals surface area contributed by atoms with Gasteiger partial charge in [0, 0.05) is 38.4 Å². The lowest BCUT2D eigenvalue weighted by atomic mass is 10.2. The predicted octanol–water partition coefficient (Wildman–Crippen LogP) is 2.04. The lowest BCUT2D eigenvalue weighted by molar-refractivity contribution is 0.624. The summed E-state index contributed by atoms with van der Waals surface area (Å²) in [6.07, 6.45) is 0. The molecule has 0 aliphatic rings. The van der Waals surface area contributed by atoms with Crippen molar-refractivity contribution in [3.8, 4) is 0 Å². The molecule has 0 spiro atoms. The summed E-state index contributed by atoms with van der Waals surface area (Å²) < 4.78 is 15.0. The second kappa shape index (κ2) is 7.06. The highest BCUT2D eigenvalue weighted by Gasteiger charge is 2.09. The Balaban J connectivity index is 1.93. The minimum Gasteiger partial charge on any atom is -0.352 e. The molecule has 0 amide bonds. The number of rotatable bonds is 4. The number of hydrogen-bond donors (Lipinski definition) is 2. The van der Waals surface area contributed by atoms with E-state index in [1.165, 1.54) is 12.1 Å². The molecular formula is C16H22FN5. The van der Waals surface area contributed by atoms with Crippen LogP contribution in [-0.4, -0.2) is 22.8 Å². The third-order valence-electron chi connectivity index (χ3n) is 3.66. The molecule has 0 bridgehead atoms. The van der Waals surface area contributed by atoms with Gasteiger partial charge in [-0.2, -0.15) is 5.10 Å². The van der Waals surface area contributed by atoms with Crippen LogP contribution in [0.2, 0.25) is 0 Å². The van der Waals surface area contributed by atoms with Gasteiger partial charge in [0.15, 0.2) is 5.96 Å². The van der Waals surface area contributed by atoms with E-state index in [-0.39, 0.29) is 5.82 Å². The van der Waals surface area contributed by atoms with Crippen LogP contribution in [0.25, 0.3) is 0 Å². The van der Waals surface area contributed by atoms with E-state index in [9.17, 15) is 4.39 Å². The Labute approximate surface area is 130 Å². The number of aromatic nitrogens is 2. The van der Waals surface area contributed by atoms with Crippen molar-refractivity contribution in [1.29, 1.82) is 0 Å². The zero-order chi connectivity index (χ0) is 16.1. The molecule has 6 heteroatoms. The molecule has 22 heavy (non-hydrogen) atoms. The second-order valence-corrected chi connectivity index (χ2v) is 5.18. The van der Waals surface area contributed by atoms with E-state index in [1.807, 2.05) is 31.6 Å². The fourth-order valence-corrected chi connectivity index (χ4v) is 2.30. The molecule has 2 N–H and O–H groups in total. The molecule has 0 saturated carbocycles. The molecule has 118 valence electrons. The van der Waals surface area contributed by atoms with Crippen LogP contribution in [0.15, 0.2) is 29.3 Å². The lowest BCUT2D eigenvalue weighted by Crippen LogP contribution is -2.36. The highest BCUT2D eigenvalue weighted by Crippen LogP contribution is 2.11. The molecule has 2 rings (SSSR count). The first-order chi connectivity index (χ1) is 10.5. The molecule has 5 nitrogen and oxygen atoms in total. The maximum Gasteiger partial charge on any atom is 0.191 e. The average Bonchev–Trinajstić information content (AvgIpc) is 2.73. The second-order valence-electron chi connectivity index (χ2n) is 5.18. The third kappa shape index (κ3) is 3.84. The minimum atomic E-state index is -0.233. The first-order valence-electron chi connectivity index (χ1n) is 7.19. The van der Waals surface area contributed by atoms with E-state index >= 15 is 0 Å². The molecule has 0 unspecified atom stereocenters. The number of benzene rings is 1. The van der Waals surface area contributed by atoms with Crippen molar-refractivity contribution < 1.29 is 4.39 Å². The Bertz CT molecular complexity index is 675. The monoisotopic (exact) mass is 303 g/mol. The summed E-state index contributed by atoms with van der Waals surface area (Å²) in [6, 6.07) is 6.52. The maximum atomic E-state index is 13.2. The number of aryl methyl sites for hydroxylation is 2. The van der Waals surface area contributed by atoms with Crippen LogP contribution in [0.1, 0.15) is 22.5 Å². The van der Waals surface area contributed by atoms with Gasteiger partial charge in [0.25, 0.3) is 0 Å². The van der Waals surface area contributed by atoms with Crippen LogP contribution in [0.3, 0.4) is 0 Å². The van der Waals surface area contributed by atoms with Gasteiger partial charge in [-0.3, -0.25) is 9.67 Å². The van der Waals surface area contributed by atoms with Gasteiger partial charge in [-0.15, -0.1) is 0 Å². The summed E-state index contributed by atoms with van der Waals surface area (Å²) in [6.45, 7) is 5.20. The molecule has 1 heterocycles. The molecule has 0 aliphatic carbocycles. The normalized spacial score (nSPS) is 11.6. The van der Waals surface area contributed by atoms with E-state index in [2.05, 4.69) is 20.7 Å². The number of halogens is 1. The third-order valence-corrected chi connectivity index (χ3v) is 3.66. The summed E-state index contributed by atoms with van der Waals surface area (Å²) in [7, 11) is 3.65. The van der Waals surface area contributed by atoms with Gasteiger partial charge in [0.05, 0.1) is 5.69 Å². The van der Waals surface area contributed by atoms with E-state index in [0.29, 0.717) is 19.0 Å². The molecule has 0 atom stereocenters.